The van der Waals surface area contributed by atoms with Gasteiger partial charge in [-0.1, -0.05) is 6.08 Å². The smallest absolute Gasteiger partial charge is 0.265 e. The van der Waals surface area contributed by atoms with Crippen molar-refractivity contribution < 1.29 is 0 Å². The molecule has 0 bridgehead atoms. The minimum absolute atomic E-state index is 0.0209. The first-order valence-corrected chi connectivity index (χ1v) is 4.01. The molecule has 0 saturated heterocycles. The molecule has 0 unspecified atom stereocenters. The first-order valence-electron chi connectivity index (χ1n) is 3.21. The summed E-state index contributed by atoms with van der Waals surface area (Å²) in [6, 6.07) is 3.54. The third kappa shape index (κ3) is 1.80. The van der Waals surface area contributed by atoms with Crippen LogP contribution in [0.3, 0.4) is 0 Å². The van der Waals surface area contributed by atoms with E-state index in [2.05, 4.69) is 22.5 Å². The van der Waals surface area contributed by atoms with E-state index in [0.29, 0.717) is 11.0 Å². The topological polar surface area (TPSA) is 22.0 Å². The maximum absolute atomic E-state index is 11.2. The first kappa shape index (κ1) is 8.27. The van der Waals surface area contributed by atoms with Gasteiger partial charge in [0.1, 0.15) is 0 Å². The molecule has 1 aromatic heterocycles. The van der Waals surface area contributed by atoms with E-state index in [4.69, 9.17) is 0 Å². The Hall–Kier alpha value is -0.830. The van der Waals surface area contributed by atoms with Gasteiger partial charge in [0.25, 0.3) is 5.56 Å². The van der Waals surface area contributed by atoms with Gasteiger partial charge < -0.3 is 4.57 Å². The summed E-state index contributed by atoms with van der Waals surface area (Å²) in [7, 11) is 0. The molecule has 0 atom stereocenters. The van der Waals surface area contributed by atoms with Gasteiger partial charge in [0.2, 0.25) is 0 Å². The number of pyridine rings is 1. The van der Waals surface area contributed by atoms with Gasteiger partial charge >= 0.3 is 0 Å². The van der Waals surface area contributed by atoms with Crippen molar-refractivity contribution in [2.24, 2.45) is 0 Å². The lowest BCUT2D eigenvalue weighted by molar-refractivity contribution is 0.775. The fraction of sp³-hybridized carbons (Fsp3) is 0.125. The molecule has 1 rings (SSSR count). The Morgan fingerprint density at radius 2 is 2.45 bits per heavy atom. The van der Waals surface area contributed by atoms with Crippen LogP contribution in [0.15, 0.2) is 40.3 Å². The van der Waals surface area contributed by atoms with Crippen LogP contribution in [0.1, 0.15) is 0 Å². The molecule has 0 aliphatic carbocycles. The highest BCUT2D eigenvalue weighted by Gasteiger charge is 1.95. The van der Waals surface area contributed by atoms with Gasteiger partial charge in [0, 0.05) is 12.7 Å². The van der Waals surface area contributed by atoms with E-state index >= 15 is 0 Å². The van der Waals surface area contributed by atoms with E-state index in [0.717, 1.165) is 0 Å². The number of rotatable bonds is 2. The van der Waals surface area contributed by atoms with E-state index in [9.17, 15) is 4.79 Å². The predicted octanol–water partition coefficient (Wildman–Crippen LogP) is 1.80. The minimum Gasteiger partial charge on any atom is -0.311 e. The molecular formula is C8H8BrNO. The Bertz CT molecular complexity index is 316. The van der Waals surface area contributed by atoms with Crippen LogP contribution < -0.4 is 5.56 Å². The molecule has 1 heterocycles. The highest BCUT2D eigenvalue weighted by atomic mass is 79.9. The molecule has 0 spiro atoms. The maximum atomic E-state index is 11.2. The van der Waals surface area contributed by atoms with E-state index in [1.807, 2.05) is 6.07 Å². The Labute approximate surface area is 73.3 Å². The second-order valence-corrected chi connectivity index (χ2v) is 2.96. The number of nitrogens with zero attached hydrogens (tertiary/aromatic N) is 1. The van der Waals surface area contributed by atoms with Gasteiger partial charge in [0.05, 0.1) is 4.47 Å². The second kappa shape index (κ2) is 3.53. The molecular weight excluding hydrogens is 206 g/mol. The largest absolute Gasteiger partial charge is 0.311 e. The van der Waals surface area contributed by atoms with Crippen molar-refractivity contribution in [3.63, 3.8) is 0 Å². The summed E-state index contributed by atoms with van der Waals surface area (Å²) in [4.78, 5) is 11.2. The summed E-state index contributed by atoms with van der Waals surface area (Å²) in [6.07, 6.45) is 3.42. The summed E-state index contributed by atoms with van der Waals surface area (Å²) in [6.45, 7) is 4.11. The van der Waals surface area contributed by atoms with Crippen LogP contribution in [0.5, 0.6) is 0 Å². The zero-order chi connectivity index (χ0) is 8.27. The van der Waals surface area contributed by atoms with Gasteiger partial charge in [-0.05, 0) is 28.1 Å². The van der Waals surface area contributed by atoms with Gasteiger partial charge in [-0.2, -0.15) is 0 Å². The lowest BCUT2D eigenvalue weighted by Crippen LogP contribution is -2.18. The van der Waals surface area contributed by atoms with Crippen LogP contribution in [0.4, 0.5) is 0 Å². The Morgan fingerprint density at radius 3 is 3.09 bits per heavy atom. The van der Waals surface area contributed by atoms with Crippen molar-refractivity contribution in [3.8, 4) is 0 Å². The number of halogens is 1. The maximum Gasteiger partial charge on any atom is 0.265 e. The van der Waals surface area contributed by atoms with Gasteiger partial charge in [-0.15, -0.1) is 6.58 Å². The first-order chi connectivity index (χ1) is 5.25. The molecule has 1 aromatic rings. The Balaban J connectivity index is 3.16. The lowest BCUT2D eigenvalue weighted by Gasteiger charge is -1.99. The average molecular weight is 214 g/mol. The van der Waals surface area contributed by atoms with E-state index in [1.165, 1.54) is 0 Å². The van der Waals surface area contributed by atoms with E-state index in [1.54, 1.807) is 22.9 Å². The highest BCUT2D eigenvalue weighted by Crippen LogP contribution is 2.00. The normalized spacial score (nSPS) is 9.55. The number of aromatic nitrogens is 1. The SMILES string of the molecule is C=CCn1cccc(Br)c1=O. The fourth-order valence-corrected chi connectivity index (χ4v) is 1.17. The molecule has 0 aromatic carbocycles. The molecule has 0 N–H and O–H groups in total. The molecule has 0 aliphatic rings. The van der Waals surface area contributed by atoms with Gasteiger partial charge in [-0.3, -0.25) is 4.79 Å². The zero-order valence-corrected chi connectivity index (χ0v) is 7.54. The molecule has 0 saturated carbocycles. The molecule has 0 aliphatic heterocycles. The van der Waals surface area contributed by atoms with Crippen molar-refractivity contribution in [1.82, 2.24) is 4.57 Å². The number of hydrogen-bond acceptors (Lipinski definition) is 1. The van der Waals surface area contributed by atoms with Crippen LogP contribution in [0, 0.1) is 0 Å². The van der Waals surface area contributed by atoms with E-state index in [-0.39, 0.29) is 5.56 Å². The standard InChI is InChI=1S/C8H8BrNO/c1-2-5-10-6-3-4-7(9)8(10)11/h2-4,6H,1,5H2. The van der Waals surface area contributed by atoms with Crippen molar-refractivity contribution >= 4 is 15.9 Å². The third-order valence-electron chi connectivity index (χ3n) is 1.30. The van der Waals surface area contributed by atoms with Crippen molar-refractivity contribution in [2.75, 3.05) is 0 Å². The van der Waals surface area contributed by atoms with Crippen molar-refractivity contribution in [1.29, 1.82) is 0 Å². The second-order valence-electron chi connectivity index (χ2n) is 2.10. The van der Waals surface area contributed by atoms with Gasteiger partial charge in [-0.25, -0.2) is 0 Å². The van der Waals surface area contributed by atoms with Crippen LogP contribution in [0.25, 0.3) is 0 Å². The van der Waals surface area contributed by atoms with Crippen LogP contribution in [0.2, 0.25) is 0 Å². The Morgan fingerprint density at radius 1 is 1.73 bits per heavy atom. The predicted molar refractivity (Wildman–Crippen MR) is 48.6 cm³/mol. The molecule has 2 nitrogen and oxygen atoms in total. The van der Waals surface area contributed by atoms with Crippen LogP contribution in [-0.4, -0.2) is 4.57 Å². The highest BCUT2D eigenvalue weighted by molar-refractivity contribution is 9.10. The summed E-state index contributed by atoms with van der Waals surface area (Å²) in [5.74, 6) is 0. The summed E-state index contributed by atoms with van der Waals surface area (Å²) < 4.78 is 2.17. The monoisotopic (exact) mass is 213 g/mol. The summed E-state index contributed by atoms with van der Waals surface area (Å²) in [5.41, 5.74) is -0.0209. The average Bonchev–Trinajstić information content (AvgIpc) is 1.99. The third-order valence-corrected chi connectivity index (χ3v) is 1.90. The summed E-state index contributed by atoms with van der Waals surface area (Å²) >= 11 is 3.15. The molecule has 0 amide bonds. The lowest BCUT2D eigenvalue weighted by atomic mass is 10.4. The molecule has 58 valence electrons. The molecule has 0 fully saturated rings. The molecule has 0 radical (unpaired) electrons. The Kier molecular flexibility index (Phi) is 2.65. The minimum atomic E-state index is -0.0209. The van der Waals surface area contributed by atoms with E-state index < -0.39 is 0 Å². The van der Waals surface area contributed by atoms with Crippen molar-refractivity contribution in [2.45, 2.75) is 6.54 Å². The summed E-state index contributed by atoms with van der Waals surface area (Å²) in [5, 5.41) is 0. The number of allylic oxidation sites excluding steroid dienone is 1. The molecule has 3 heteroatoms. The van der Waals surface area contributed by atoms with Crippen LogP contribution >= 0.6 is 15.9 Å². The quantitative estimate of drug-likeness (QED) is 0.688. The molecule has 11 heavy (non-hydrogen) atoms. The zero-order valence-electron chi connectivity index (χ0n) is 5.96. The van der Waals surface area contributed by atoms with Crippen LogP contribution in [-0.2, 0) is 6.54 Å². The van der Waals surface area contributed by atoms with Gasteiger partial charge in [0.15, 0.2) is 0 Å². The van der Waals surface area contributed by atoms with Crippen molar-refractivity contribution in [3.05, 3.63) is 45.8 Å². The number of hydrogen-bond donors (Lipinski definition) is 0. The fourth-order valence-electron chi connectivity index (χ4n) is 0.790.